The Balaban J connectivity index is 2.50. The Kier molecular flexibility index (Phi) is 4.79. The van der Waals surface area contributed by atoms with E-state index < -0.39 is 17.9 Å². The lowest BCUT2D eigenvalue weighted by atomic mass is 10.3. The van der Waals surface area contributed by atoms with Gasteiger partial charge in [-0.3, -0.25) is 24.8 Å². The number of nitrogens with zero attached hydrogens (tertiary/aromatic N) is 2. The molecule has 0 fully saturated rings. The van der Waals surface area contributed by atoms with Gasteiger partial charge in [0, 0.05) is 19.7 Å². The molecule has 7 heteroatoms. The second-order valence-corrected chi connectivity index (χ2v) is 3.52. The Hall–Kier alpha value is -2.44. The summed E-state index contributed by atoms with van der Waals surface area (Å²) in [6.07, 6.45) is 2.49. The predicted octanol–water partition coefficient (Wildman–Crippen LogP) is 0.619. The van der Waals surface area contributed by atoms with E-state index >= 15 is 0 Å². The van der Waals surface area contributed by atoms with Crippen LogP contribution in [0.4, 0.5) is 10.5 Å². The Morgan fingerprint density at radius 3 is 2.67 bits per heavy atom. The van der Waals surface area contributed by atoms with Gasteiger partial charge in [-0.15, -0.1) is 0 Å². The van der Waals surface area contributed by atoms with Crippen LogP contribution in [0.15, 0.2) is 24.5 Å². The summed E-state index contributed by atoms with van der Waals surface area (Å²) >= 11 is 0. The number of carbonyl (C=O) groups excluding carboxylic acids is 2. The molecule has 18 heavy (non-hydrogen) atoms. The van der Waals surface area contributed by atoms with Gasteiger partial charge in [0.05, 0.1) is 18.3 Å². The molecule has 0 aliphatic rings. The molecule has 7 nitrogen and oxygen atoms in total. The Bertz CT molecular complexity index is 447. The van der Waals surface area contributed by atoms with Crippen LogP contribution in [-0.4, -0.2) is 35.0 Å². The average Bonchev–Trinajstić information content (AvgIpc) is 2.36. The van der Waals surface area contributed by atoms with Crippen LogP contribution in [0.5, 0.6) is 0 Å². The minimum Gasteiger partial charge on any atom is -0.481 e. The van der Waals surface area contributed by atoms with Crippen LogP contribution in [0.25, 0.3) is 0 Å². The van der Waals surface area contributed by atoms with Crippen molar-refractivity contribution in [3.05, 3.63) is 24.5 Å². The number of hydrogen-bond donors (Lipinski definition) is 2. The maximum absolute atomic E-state index is 11.6. The number of pyridine rings is 1. The summed E-state index contributed by atoms with van der Waals surface area (Å²) in [4.78, 5) is 38.2. The highest BCUT2D eigenvalue weighted by Crippen LogP contribution is 2.08. The summed E-state index contributed by atoms with van der Waals surface area (Å²) in [6.45, 7) is 0. The average molecular weight is 251 g/mol. The smallest absolute Gasteiger partial charge is 0.328 e. The van der Waals surface area contributed by atoms with Gasteiger partial charge in [0.15, 0.2) is 0 Å². The van der Waals surface area contributed by atoms with Gasteiger partial charge < -0.3 is 5.11 Å². The largest absolute Gasteiger partial charge is 0.481 e. The number of hydrogen-bond acceptors (Lipinski definition) is 4. The normalized spacial score (nSPS) is 9.61. The summed E-state index contributed by atoms with van der Waals surface area (Å²) < 4.78 is 0. The van der Waals surface area contributed by atoms with E-state index in [0.29, 0.717) is 5.69 Å². The molecule has 0 saturated carbocycles. The van der Waals surface area contributed by atoms with E-state index in [0.717, 1.165) is 0 Å². The molecule has 96 valence electrons. The monoisotopic (exact) mass is 251 g/mol. The van der Waals surface area contributed by atoms with Gasteiger partial charge in [-0.2, -0.15) is 0 Å². The summed E-state index contributed by atoms with van der Waals surface area (Å²) in [5.74, 6) is -1.71. The summed E-state index contributed by atoms with van der Waals surface area (Å²) in [7, 11) is 1.48. The van der Waals surface area contributed by atoms with E-state index in [1.807, 2.05) is 0 Å². The van der Waals surface area contributed by atoms with Crippen LogP contribution in [0.1, 0.15) is 12.8 Å². The number of carboxylic acid groups (broad SMARTS) is 1. The van der Waals surface area contributed by atoms with Gasteiger partial charge >= 0.3 is 12.0 Å². The second-order valence-electron chi connectivity index (χ2n) is 3.52. The summed E-state index contributed by atoms with van der Waals surface area (Å²) in [6, 6.07) is 2.69. The van der Waals surface area contributed by atoms with Crippen LogP contribution in [-0.2, 0) is 9.59 Å². The molecule has 1 aromatic heterocycles. The number of nitrogens with one attached hydrogen (secondary N) is 1. The number of aromatic nitrogens is 1. The highest BCUT2D eigenvalue weighted by atomic mass is 16.4. The minimum absolute atomic E-state index is 0.234. The fourth-order valence-electron chi connectivity index (χ4n) is 1.16. The first kappa shape index (κ1) is 13.6. The molecule has 0 radical (unpaired) electrons. The summed E-state index contributed by atoms with van der Waals surface area (Å²) in [5, 5.41) is 10.5. The predicted molar refractivity (Wildman–Crippen MR) is 63.0 cm³/mol. The lowest BCUT2D eigenvalue weighted by Gasteiger charge is -2.16. The molecule has 0 aliphatic carbocycles. The van der Waals surface area contributed by atoms with E-state index in [-0.39, 0.29) is 12.8 Å². The SMILES string of the molecule is CN(C(=O)NC(=O)CCC(=O)O)c1cccnc1. The molecular formula is C11H13N3O4. The van der Waals surface area contributed by atoms with Crippen LogP contribution >= 0.6 is 0 Å². The van der Waals surface area contributed by atoms with Gasteiger partial charge in [0.1, 0.15) is 0 Å². The molecule has 2 N–H and O–H groups in total. The number of rotatable bonds is 4. The van der Waals surface area contributed by atoms with Gasteiger partial charge in [0.25, 0.3) is 0 Å². The third kappa shape index (κ3) is 4.20. The first-order chi connectivity index (χ1) is 8.50. The highest BCUT2D eigenvalue weighted by molar-refractivity contribution is 6.02. The fourth-order valence-corrected chi connectivity index (χ4v) is 1.16. The van der Waals surface area contributed by atoms with Crippen molar-refractivity contribution in [3.63, 3.8) is 0 Å². The van der Waals surface area contributed by atoms with Gasteiger partial charge in [-0.1, -0.05) is 0 Å². The molecule has 0 unspecified atom stereocenters. The number of amides is 3. The highest BCUT2D eigenvalue weighted by Gasteiger charge is 2.14. The van der Waals surface area contributed by atoms with E-state index in [1.54, 1.807) is 18.3 Å². The van der Waals surface area contributed by atoms with Crippen molar-refractivity contribution in [2.45, 2.75) is 12.8 Å². The number of imide groups is 1. The van der Waals surface area contributed by atoms with E-state index in [9.17, 15) is 14.4 Å². The van der Waals surface area contributed by atoms with Crippen LogP contribution in [0.3, 0.4) is 0 Å². The number of anilines is 1. The fraction of sp³-hybridized carbons (Fsp3) is 0.273. The Labute approximate surface area is 103 Å². The third-order valence-corrected chi connectivity index (χ3v) is 2.15. The lowest BCUT2D eigenvalue weighted by Crippen LogP contribution is -2.40. The molecule has 0 spiro atoms. The molecular weight excluding hydrogens is 238 g/mol. The number of carboxylic acids is 1. The van der Waals surface area contributed by atoms with E-state index in [1.165, 1.54) is 18.1 Å². The molecule has 0 bridgehead atoms. The van der Waals surface area contributed by atoms with Crippen molar-refractivity contribution < 1.29 is 19.5 Å². The zero-order valence-corrected chi connectivity index (χ0v) is 9.79. The summed E-state index contributed by atoms with van der Waals surface area (Å²) in [5.41, 5.74) is 0.529. The number of aliphatic carboxylic acids is 1. The molecule has 1 rings (SSSR count). The Morgan fingerprint density at radius 2 is 2.11 bits per heavy atom. The lowest BCUT2D eigenvalue weighted by molar-refractivity contribution is -0.138. The third-order valence-electron chi connectivity index (χ3n) is 2.15. The maximum Gasteiger partial charge on any atom is 0.328 e. The van der Waals surface area contributed by atoms with Crippen molar-refractivity contribution in [2.75, 3.05) is 11.9 Å². The molecule has 1 aromatic rings. The van der Waals surface area contributed by atoms with E-state index in [2.05, 4.69) is 10.3 Å². The maximum atomic E-state index is 11.6. The van der Waals surface area contributed by atoms with E-state index in [4.69, 9.17) is 5.11 Å². The van der Waals surface area contributed by atoms with Crippen molar-refractivity contribution in [2.24, 2.45) is 0 Å². The second kappa shape index (κ2) is 6.33. The molecule has 3 amide bonds. The molecule has 1 heterocycles. The molecule has 0 aliphatic heterocycles. The van der Waals surface area contributed by atoms with Crippen LogP contribution in [0, 0.1) is 0 Å². The molecule has 0 aromatic carbocycles. The minimum atomic E-state index is -1.08. The van der Waals surface area contributed by atoms with Gasteiger partial charge in [-0.25, -0.2) is 4.79 Å². The molecule has 0 atom stereocenters. The Morgan fingerprint density at radius 1 is 1.39 bits per heavy atom. The van der Waals surface area contributed by atoms with Gasteiger partial charge in [-0.05, 0) is 12.1 Å². The topological polar surface area (TPSA) is 99.6 Å². The van der Waals surface area contributed by atoms with Crippen molar-refractivity contribution in [3.8, 4) is 0 Å². The standard InChI is InChI=1S/C11H13N3O4/c1-14(8-3-2-6-12-7-8)11(18)13-9(15)4-5-10(16)17/h2-3,6-7H,4-5H2,1H3,(H,16,17)(H,13,15,18). The first-order valence-electron chi connectivity index (χ1n) is 5.20. The number of urea groups is 1. The zero-order valence-electron chi connectivity index (χ0n) is 9.79. The van der Waals surface area contributed by atoms with Crippen molar-refractivity contribution in [1.29, 1.82) is 0 Å². The number of carbonyl (C=O) groups is 3. The zero-order chi connectivity index (χ0) is 13.5. The van der Waals surface area contributed by atoms with Crippen molar-refractivity contribution in [1.82, 2.24) is 10.3 Å². The van der Waals surface area contributed by atoms with Crippen LogP contribution < -0.4 is 10.2 Å². The first-order valence-corrected chi connectivity index (χ1v) is 5.20. The molecule has 0 saturated heterocycles. The van der Waals surface area contributed by atoms with Crippen LogP contribution in [0.2, 0.25) is 0 Å². The quantitative estimate of drug-likeness (QED) is 0.817. The van der Waals surface area contributed by atoms with Crippen molar-refractivity contribution >= 4 is 23.6 Å². The van der Waals surface area contributed by atoms with Gasteiger partial charge in [0.2, 0.25) is 5.91 Å².